The molecule has 2 N–H and O–H groups in total. The van der Waals surface area contributed by atoms with E-state index in [1.165, 1.54) is 18.2 Å². The summed E-state index contributed by atoms with van der Waals surface area (Å²) in [5.74, 6) is -1.38. The second-order valence-electron chi connectivity index (χ2n) is 4.22. The van der Waals surface area contributed by atoms with Crippen molar-refractivity contribution in [3.05, 3.63) is 29.8 Å². The molecule has 0 aliphatic heterocycles. The molecule has 1 rings (SSSR count). The number of benzene rings is 1. The van der Waals surface area contributed by atoms with E-state index < -0.39 is 18.4 Å². The van der Waals surface area contributed by atoms with Gasteiger partial charge in [0.1, 0.15) is 5.75 Å². The van der Waals surface area contributed by atoms with Crippen LogP contribution in [0.25, 0.3) is 0 Å². The summed E-state index contributed by atoms with van der Waals surface area (Å²) < 4.78 is 40.3. The van der Waals surface area contributed by atoms with E-state index >= 15 is 0 Å². The molecule has 0 radical (unpaired) electrons. The van der Waals surface area contributed by atoms with E-state index in [0.29, 0.717) is 12.1 Å². The van der Waals surface area contributed by atoms with Gasteiger partial charge in [-0.25, -0.2) is 0 Å². The van der Waals surface area contributed by atoms with Crippen LogP contribution in [-0.2, 0) is 4.79 Å². The van der Waals surface area contributed by atoms with Crippen molar-refractivity contribution in [3.8, 4) is 5.75 Å². The van der Waals surface area contributed by atoms with Crippen molar-refractivity contribution in [1.82, 2.24) is 5.32 Å². The highest BCUT2D eigenvalue weighted by Crippen LogP contribution is 2.26. The standard InChI is InChI=1S/C13H16F3NO3/c1-2-6-17-11(8-12(18)19)9-4-3-5-10(7-9)20-13(14,15)16/h3-5,7,11,17H,2,6,8H2,1H3,(H,18,19). The molecule has 1 unspecified atom stereocenters. The average molecular weight is 291 g/mol. The van der Waals surface area contributed by atoms with Crippen LogP contribution in [0.4, 0.5) is 13.2 Å². The number of carboxylic acid groups (broad SMARTS) is 1. The summed E-state index contributed by atoms with van der Waals surface area (Å²) in [5.41, 5.74) is 0.447. The molecule has 0 bridgehead atoms. The highest BCUT2D eigenvalue weighted by Gasteiger charge is 2.31. The van der Waals surface area contributed by atoms with Gasteiger partial charge in [0.15, 0.2) is 0 Å². The lowest BCUT2D eigenvalue weighted by molar-refractivity contribution is -0.274. The van der Waals surface area contributed by atoms with Crippen molar-refractivity contribution >= 4 is 5.97 Å². The molecule has 0 fully saturated rings. The third-order valence-electron chi connectivity index (χ3n) is 2.51. The molecule has 0 aromatic heterocycles. The van der Waals surface area contributed by atoms with Gasteiger partial charge >= 0.3 is 12.3 Å². The van der Waals surface area contributed by atoms with Gasteiger partial charge < -0.3 is 15.2 Å². The van der Waals surface area contributed by atoms with Gasteiger partial charge in [-0.1, -0.05) is 19.1 Å². The largest absolute Gasteiger partial charge is 0.573 e. The minimum atomic E-state index is -4.77. The Morgan fingerprint density at radius 2 is 2.15 bits per heavy atom. The maximum Gasteiger partial charge on any atom is 0.573 e. The number of ether oxygens (including phenoxy) is 1. The lowest BCUT2D eigenvalue weighted by Gasteiger charge is -2.18. The molecule has 4 nitrogen and oxygen atoms in total. The quantitative estimate of drug-likeness (QED) is 0.810. The number of alkyl halides is 3. The number of aliphatic carboxylic acids is 1. The van der Waals surface area contributed by atoms with Gasteiger partial charge in [0.25, 0.3) is 0 Å². The van der Waals surface area contributed by atoms with Gasteiger partial charge in [-0.3, -0.25) is 4.79 Å². The molecule has 1 atom stereocenters. The Kier molecular flexibility index (Phi) is 5.82. The fourth-order valence-corrected chi connectivity index (χ4v) is 1.73. The smallest absolute Gasteiger partial charge is 0.481 e. The zero-order chi connectivity index (χ0) is 15.2. The molecule has 7 heteroatoms. The van der Waals surface area contributed by atoms with Crippen LogP contribution < -0.4 is 10.1 Å². The summed E-state index contributed by atoms with van der Waals surface area (Å²) in [7, 11) is 0. The van der Waals surface area contributed by atoms with Gasteiger partial charge in [0.2, 0.25) is 0 Å². The third-order valence-corrected chi connectivity index (χ3v) is 2.51. The highest BCUT2D eigenvalue weighted by molar-refractivity contribution is 5.68. The Hall–Kier alpha value is -1.76. The molecule has 1 aromatic rings. The first kappa shape index (κ1) is 16.3. The summed E-state index contributed by atoms with van der Waals surface area (Å²) in [6.45, 7) is 2.48. The molecule has 1 aromatic carbocycles. The molecule has 0 amide bonds. The summed E-state index contributed by atoms with van der Waals surface area (Å²) in [5, 5.41) is 11.8. The molecule has 112 valence electrons. The van der Waals surface area contributed by atoms with E-state index in [4.69, 9.17) is 5.11 Å². The van der Waals surface area contributed by atoms with Gasteiger partial charge in [-0.2, -0.15) is 0 Å². The molecule has 0 heterocycles. The molecule has 0 aliphatic carbocycles. The topological polar surface area (TPSA) is 58.6 Å². The van der Waals surface area contributed by atoms with Crippen LogP contribution >= 0.6 is 0 Å². The molecule has 0 saturated carbocycles. The van der Waals surface area contributed by atoms with Crippen molar-refractivity contribution in [2.75, 3.05) is 6.54 Å². The predicted molar refractivity (Wildman–Crippen MR) is 66.4 cm³/mol. The molecular formula is C13H16F3NO3. The maximum atomic E-state index is 12.2. The Morgan fingerprint density at radius 1 is 1.45 bits per heavy atom. The van der Waals surface area contributed by atoms with Crippen molar-refractivity contribution in [2.45, 2.75) is 32.2 Å². The summed E-state index contributed by atoms with van der Waals surface area (Å²) in [6, 6.07) is 4.79. The molecule has 0 spiro atoms. The number of nitrogens with one attached hydrogen (secondary N) is 1. The first-order valence-corrected chi connectivity index (χ1v) is 6.12. The Balaban J connectivity index is 2.89. The van der Waals surface area contributed by atoms with Crippen molar-refractivity contribution in [2.24, 2.45) is 0 Å². The zero-order valence-electron chi connectivity index (χ0n) is 10.9. The summed E-state index contributed by atoms with van der Waals surface area (Å²) in [6.07, 6.45) is -4.19. The Morgan fingerprint density at radius 3 is 2.70 bits per heavy atom. The summed E-state index contributed by atoms with van der Waals surface area (Å²) in [4.78, 5) is 10.8. The van der Waals surface area contributed by atoms with E-state index in [2.05, 4.69) is 10.1 Å². The first-order chi connectivity index (χ1) is 9.31. The average Bonchev–Trinajstić information content (AvgIpc) is 2.32. The first-order valence-electron chi connectivity index (χ1n) is 6.12. The minimum Gasteiger partial charge on any atom is -0.481 e. The predicted octanol–water partition coefficient (Wildman–Crippen LogP) is 3.10. The van der Waals surface area contributed by atoms with Crippen molar-refractivity contribution in [1.29, 1.82) is 0 Å². The number of hydrogen-bond acceptors (Lipinski definition) is 3. The Labute approximate surface area is 114 Å². The van der Waals surface area contributed by atoms with Crippen LogP contribution in [0.5, 0.6) is 5.75 Å². The van der Waals surface area contributed by atoms with E-state index in [-0.39, 0.29) is 12.2 Å². The Bertz CT molecular complexity index is 449. The fraction of sp³-hybridized carbons (Fsp3) is 0.462. The van der Waals surface area contributed by atoms with Gasteiger partial charge in [0.05, 0.1) is 6.42 Å². The normalized spacial score (nSPS) is 13.0. The molecule has 20 heavy (non-hydrogen) atoms. The number of carbonyl (C=O) groups is 1. The number of hydrogen-bond donors (Lipinski definition) is 2. The zero-order valence-corrected chi connectivity index (χ0v) is 10.9. The van der Waals surface area contributed by atoms with Crippen LogP contribution in [-0.4, -0.2) is 24.0 Å². The van der Waals surface area contributed by atoms with E-state index in [9.17, 15) is 18.0 Å². The van der Waals surface area contributed by atoms with E-state index in [1.54, 1.807) is 6.07 Å². The fourth-order valence-electron chi connectivity index (χ4n) is 1.73. The van der Waals surface area contributed by atoms with Crippen LogP contribution in [0.15, 0.2) is 24.3 Å². The number of rotatable bonds is 7. The van der Waals surface area contributed by atoms with Crippen LogP contribution in [0.1, 0.15) is 31.4 Å². The second-order valence-corrected chi connectivity index (χ2v) is 4.22. The van der Waals surface area contributed by atoms with Crippen LogP contribution in [0, 0.1) is 0 Å². The maximum absolute atomic E-state index is 12.2. The van der Waals surface area contributed by atoms with Gasteiger partial charge in [-0.15, -0.1) is 13.2 Å². The highest BCUT2D eigenvalue weighted by atomic mass is 19.4. The van der Waals surface area contributed by atoms with Crippen LogP contribution in [0.2, 0.25) is 0 Å². The third kappa shape index (κ3) is 5.92. The molecule has 0 saturated heterocycles. The van der Waals surface area contributed by atoms with Gasteiger partial charge in [-0.05, 0) is 30.7 Å². The molecular weight excluding hydrogens is 275 g/mol. The lowest BCUT2D eigenvalue weighted by Crippen LogP contribution is -2.25. The SMILES string of the molecule is CCCNC(CC(=O)O)c1cccc(OC(F)(F)F)c1. The monoisotopic (exact) mass is 291 g/mol. The number of halogens is 3. The lowest BCUT2D eigenvalue weighted by atomic mass is 10.0. The van der Waals surface area contributed by atoms with Crippen molar-refractivity contribution in [3.63, 3.8) is 0 Å². The second kappa shape index (κ2) is 7.14. The summed E-state index contributed by atoms with van der Waals surface area (Å²) >= 11 is 0. The molecule has 0 aliphatic rings. The van der Waals surface area contributed by atoms with E-state index in [1.807, 2.05) is 6.92 Å². The van der Waals surface area contributed by atoms with Gasteiger partial charge in [0, 0.05) is 6.04 Å². The van der Waals surface area contributed by atoms with Crippen LogP contribution in [0.3, 0.4) is 0 Å². The van der Waals surface area contributed by atoms with Crippen molar-refractivity contribution < 1.29 is 27.8 Å². The number of carboxylic acids is 1. The minimum absolute atomic E-state index is 0.213. The van der Waals surface area contributed by atoms with E-state index in [0.717, 1.165) is 6.42 Å².